The topological polar surface area (TPSA) is 85.3 Å². The molecule has 0 amide bonds. The van der Waals surface area contributed by atoms with Gasteiger partial charge in [-0.3, -0.25) is 4.99 Å². The van der Waals surface area contributed by atoms with Gasteiger partial charge in [-0.25, -0.2) is 4.98 Å². The molecule has 2 aromatic carbocycles. The quantitative estimate of drug-likeness (QED) is 0.221. The number of rotatable bonds is 8. The second-order valence-electron chi connectivity index (χ2n) is 6.39. The summed E-state index contributed by atoms with van der Waals surface area (Å²) < 4.78 is 0. The highest BCUT2D eigenvalue weighted by atomic mass is 127. The third-order valence-electron chi connectivity index (χ3n) is 4.40. The summed E-state index contributed by atoms with van der Waals surface area (Å²) in [7, 11) is 0. The smallest absolute Gasteiger partial charge is 0.191 e. The maximum absolute atomic E-state index is 9.69. The average molecular weight is 493 g/mol. The number of H-pyrrole nitrogens is 1. The minimum Gasteiger partial charge on any atom is -0.396 e. The molecule has 1 heterocycles. The number of fused-ring (bicyclic) bond motifs is 1. The standard InChI is InChI=1S/C21H27N5O.HI/c1-2-22-21(24-14-17(15-27)16-8-4-3-5-9-16)23-13-12-20-25-18-10-6-7-11-19(18)26-20;/h3-11,17,27H,2,12-15H2,1H3,(H,25,26)(H2,22,23,24);1H. The summed E-state index contributed by atoms with van der Waals surface area (Å²) in [5, 5.41) is 16.3. The first-order valence-corrected chi connectivity index (χ1v) is 9.41. The van der Waals surface area contributed by atoms with E-state index >= 15 is 0 Å². The van der Waals surface area contributed by atoms with Gasteiger partial charge in [0, 0.05) is 25.4 Å². The highest BCUT2D eigenvalue weighted by Gasteiger charge is 2.10. The molecule has 3 aromatic rings. The molecule has 6 nitrogen and oxygen atoms in total. The van der Waals surface area contributed by atoms with Crippen molar-refractivity contribution < 1.29 is 5.11 Å². The number of benzene rings is 2. The lowest BCUT2D eigenvalue weighted by atomic mass is 10.0. The fraction of sp³-hybridized carbons (Fsp3) is 0.333. The molecule has 0 spiro atoms. The van der Waals surface area contributed by atoms with Crippen LogP contribution in [0.3, 0.4) is 0 Å². The predicted octanol–water partition coefficient (Wildman–Crippen LogP) is 3.05. The zero-order valence-corrected chi connectivity index (χ0v) is 18.4. The summed E-state index contributed by atoms with van der Waals surface area (Å²) in [6.07, 6.45) is 0.779. The number of para-hydroxylation sites is 2. The van der Waals surface area contributed by atoms with Gasteiger partial charge in [-0.15, -0.1) is 24.0 Å². The van der Waals surface area contributed by atoms with Crippen molar-refractivity contribution in [2.75, 3.05) is 26.2 Å². The maximum atomic E-state index is 9.69. The lowest BCUT2D eigenvalue weighted by molar-refractivity contribution is 0.268. The van der Waals surface area contributed by atoms with E-state index in [9.17, 15) is 5.11 Å². The molecule has 28 heavy (non-hydrogen) atoms. The monoisotopic (exact) mass is 493 g/mol. The lowest BCUT2D eigenvalue weighted by Crippen LogP contribution is -2.38. The number of aromatic amines is 1. The molecule has 1 unspecified atom stereocenters. The van der Waals surface area contributed by atoms with E-state index in [4.69, 9.17) is 0 Å². The molecule has 0 bridgehead atoms. The van der Waals surface area contributed by atoms with Crippen molar-refractivity contribution >= 4 is 41.0 Å². The fourth-order valence-corrected chi connectivity index (χ4v) is 2.96. The van der Waals surface area contributed by atoms with E-state index < -0.39 is 0 Å². The third kappa shape index (κ3) is 6.20. The molecule has 0 radical (unpaired) electrons. The summed E-state index contributed by atoms with van der Waals surface area (Å²) >= 11 is 0. The number of nitrogens with zero attached hydrogens (tertiary/aromatic N) is 2. The number of aliphatic hydroxyl groups excluding tert-OH is 1. The maximum Gasteiger partial charge on any atom is 0.191 e. The van der Waals surface area contributed by atoms with Crippen LogP contribution in [-0.2, 0) is 6.42 Å². The Morgan fingerprint density at radius 2 is 1.86 bits per heavy atom. The molecule has 4 N–H and O–H groups in total. The van der Waals surface area contributed by atoms with Crippen LogP contribution in [0.5, 0.6) is 0 Å². The van der Waals surface area contributed by atoms with Crippen molar-refractivity contribution in [2.24, 2.45) is 4.99 Å². The second-order valence-corrected chi connectivity index (χ2v) is 6.39. The van der Waals surface area contributed by atoms with Gasteiger partial charge in [-0.05, 0) is 24.6 Å². The van der Waals surface area contributed by atoms with E-state index in [0.717, 1.165) is 47.9 Å². The summed E-state index contributed by atoms with van der Waals surface area (Å²) in [4.78, 5) is 12.6. The molecule has 0 aliphatic rings. The number of halogens is 1. The highest BCUT2D eigenvalue weighted by molar-refractivity contribution is 14.0. The molecule has 0 saturated heterocycles. The number of hydrogen-bond acceptors (Lipinski definition) is 3. The Balaban J connectivity index is 0.00000280. The molecule has 0 aliphatic carbocycles. The van der Waals surface area contributed by atoms with Crippen LogP contribution in [0.4, 0.5) is 0 Å². The van der Waals surface area contributed by atoms with Gasteiger partial charge in [0.2, 0.25) is 0 Å². The number of aliphatic hydroxyl groups is 1. The minimum absolute atomic E-state index is 0. The van der Waals surface area contributed by atoms with E-state index in [1.807, 2.05) is 61.5 Å². The van der Waals surface area contributed by atoms with E-state index in [1.165, 1.54) is 0 Å². The van der Waals surface area contributed by atoms with Crippen molar-refractivity contribution in [3.63, 3.8) is 0 Å². The summed E-state index contributed by atoms with van der Waals surface area (Å²) in [5.74, 6) is 1.71. The number of hydrogen-bond donors (Lipinski definition) is 4. The van der Waals surface area contributed by atoms with Gasteiger partial charge in [-0.1, -0.05) is 42.5 Å². The number of aliphatic imine (C=N–C) groups is 1. The molecule has 0 saturated carbocycles. The average Bonchev–Trinajstić information content (AvgIpc) is 3.12. The largest absolute Gasteiger partial charge is 0.396 e. The first-order chi connectivity index (χ1) is 13.3. The summed E-state index contributed by atoms with van der Waals surface area (Å²) in [6.45, 7) is 4.15. The zero-order valence-electron chi connectivity index (χ0n) is 16.1. The Labute approximate surface area is 182 Å². The van der Waals surface area contributed by atoms with Crippen molar-refractivity contribution in [3.05, 3.63) is 66.0 Å². The molecule has 1 atom stereocenters. The van der Waals surface area contributed by atoms with Gasteiger partial charge in [0.1, 0.15) is 5.82 Å². The Kier molecular flexibility index (Phi) is 9.22. The first kappa shape index (κ1) is 22.2. The van der Waals surface area contributed by atoms with Gasteiger partial charge in [0.25, 0.3) is 0 Å². The number of nitrogens with one attached hydrogen (secondary N) is 3. The number of imidazole rings is 1. The van der Waals surface area contributed by atoms with E-state index in [1.54, 1.807) is 0 Å². The van der Waals surface area contributed by atoms with Gasteiger partial charge < -0.3 is 20.7 Å². The number of guanidine groups is 1. The van der Waals surface area contributed by atoms with Crippen molar-refractivity contribution in [2.45, 2.75) is 19.3 Å². The molecule has 0 fully saturated rings. The Morgan fingerprint density at radius 1 is 1.11 bits per heavy atom. The van der Waals surface area contributed by atoms with E-state index in [-0.39, 0.29) is 36.5 Å². The van der Waals surface area contributed by atoms with Crippen LogP contribution in [0.1, 0.15) is 24.2 Å². The van der Waals surface area contributed by atoms with E-state index in [0.29, 0.717) is 6.54 Å². The first-order valence-electron chi connectivity index (χ1n) is 9.41. The molecular weight excluding hydrogens is 465 g/mol. The van der Waals surface area contributed by atoms with Crippen molar-refractivity contribution in [3.8, 4) is 0 Å². The highest BCUT2D eigenvalue weighted by Crippen LogP contribution is 2.15. The lowest BCUT2D eigenvalue weighted by Gasteiger charge is -2.15. The SMILES string of the molecule is CCNC(=NCC(CO)c1ccccc1)NCCc1nc2ccccc2[nH]1.I. The van der Waals surface area contributed by atoms with Crippen LogP contribution in [0.25, 0.3) is 11.0 Å². The van der Waals surface area contributed by atoms with Gasteiger partial charge >= 0.3 is 0 Å². The van der Waals surface area contributed by atoms with Crippen LogP contribution in [0, 0.1) is 0 Å². The van der Waals surface area contributed by atoms with Gasteiger partial charge in [0.15, 0.2) is 5.96 Å². The molecule has 7 heteroatoms. The van der Waals surface area contributed by atoms with Crippen LogP contribution >= 0.6 is 24.0 Å². The molecule has 1 aromatic heterocycles. The molecule has 150 valence electrons. The molecule has 3 rings (SSSR count). The second kappa shape index (κ2) is 11.7. The zero-order chi connectivity index (χ0) is 18.9. The Bertz CT molecular complexity index is 832. The van der Waals surface area contributed by atoms with E-state index in [2.05, 4.69) is 25.6 Å². The Hall–Kier alpha value is -2.13. The fourth-order valence-electron chi connectivity index (χ4n) is 2.96. The van der Waals surface area contributed by atoms with Crippen LogP contribution < -0.4 is 10.6 Å². The Morgan fingerprint density at radius 3 is 2.57 bits per heavy atom. The molecule has 0 aliphatic heterocycles. The normalized spacial score (nSPS) is 12.4. The van der Waals surface area contributed by atoms with Crippen molar-refractivity contribution in [1.29, 1.82) is 0 Å². The summed E-state index contributed by atoms with van der Waals surface area (Å²) in [6, 6.07) is 18.0. The summed E-state index contributed by atoms with van der Waals surface area (Å²) in [5.41, 5.74) is 3.14. The van der Waals surface area contributed by atoms with Gasteiger partial charge in [-0.2, -0.15) is 0 Å². The van der Waals surface area contributed by atoms with Crippen molar-refractivity contribution in [1.82, 2.24) is 20.6 Å². The molecular formula is C21H28IN5O. The van der Waals surface area contributed by atoms with Crippen LogP contribution in [-0.4, -0.2) is 47.3 Å². The van der Waals surface area contributed by atoms with Crippen LogP contribution in [0.15, 0.2) is 59.6 Å². The minimum atomic E-state index is -0.00275. The predicted molar refractivity (Wildman–Crippen MR) is 125 cm³/mol. The van der Waals surface area contributed by atoms with Gasteiger partial charge in [0.05, 0.1) is 24.2 Å². The third-order valence-corrected chi connectivity index (χ3v) is 4.40. The number of aromatic nitrogens is 2. The van der Waals surface area contributed by atoms with Crippen LogP contribution in [0.2, 0.25) is 0 Å².